The number of rotatable bonds is 8. The number of benzene rings is 2. The van der Waals surface area contributed by atoms with E-state index in [-0.39, 0.29) is 13.2 Å². The number of aromatic nitrogens is 1. The van der Waals surface area contributed by atoms with Crippen LogP contribution in [0.5, 0.6) is 5.75 Å². The zero-order chi connectivity index (χ0) is 27.4. The number of hydrogen-bond donors (Lipinski definition) is 3. The average Bonchev–Trinajstić information content (AvgIpc) is 3.43. The van der Waals surface area contributed by atoms with Crippen LogP contribution in [0, 0.1) is 11.3 Å². The summed E-state index contributed by atoms with van der Waals surface area (Å²) >= 11 is 8.94. The van der Waals surface area contributed by atoms with E-state index in [9.17, 15) is 15.5 Å². The number of fused-ring (bicyclic) bond motifs is 1. The van der Waals surface area contributed by atoms with E-state index in [4.69, 9.17) is 31.4 Å². The first-order valence-electron chi connectivity index (χ1n) is 12.4. The van der Waals surface area contributed by atoms with Gasteiger partial charge >= 0.3 is 0 Å². The summed E-state index contributed by atoms with van der Waals surface area (Å²) in [5.74, 6) is 1.02. The van der Waals surface area contributed by atoms with Gasteiger partial charge in [0.25, 0.3) is 0 Å². The molecule has 39 heavy (non-hydrogen) atoms. The highest BCUT2D eigenvalue weighted by Gasteiger charge is 2.41. The van der Waals surface area contributed by atoms with Crippen molar-refractivity contribution in [1.82, 2.24) is 4.98 Å². The lowest BCUT2D eigenvalue weighted by Gasteiger charge is -2.36. The Labute approximate surface area is 239 Å². The van der Waals surface area contributed by atoms with E-state index < -0.39 is 11.8 Å². The third kappa shape index (κ3) is 6.12. The molecule has 0 spiro atoms. The molecule has 200 valence electrons. The zero-order valence-corrected chi connectivity index (χ0v) is 23.3. The fourth-order valence-corrected chi connectivity index (χ4v) is 6.49. The molecule has 5 rings (SSSR count). The molecule has 1 aliphatic heterocycles. The van der Waals surface area contributed by atoms with Gasteiger partial charge in [-0.3, -0.25) is 0 Å². The zero-order valence-electron chi connectivity index (χ0n) is 20.9. The molecule has 2 heterocycles. The van der Waals surface area contributed by atoms with Gasteiger partial charge in [0, 0.05) is 39.3 Å². The predicted octanol–water partition coefficient (Wildman–Crippen LogP) is 5.62. The second-order valence-electron chi connectivity index (χ2n) is 9.22. The summed E-state index contributed by atoms with van der Waals surface area (Å²) in [5.41, 5.74) is 2.94. The van der Waals surface area contributed by atoms with E-state index in [1.54, 1.807) is 23.5 Å². The maximum atomic E-state index is 11.6. The van der Waals surface area contributed by atoms with Gasteiger partial charge < -0.3 is 20.1 Å². The van der Waals surface area contributed by atoms with Crippen molar-refractivity contribution in [2.24, 2.45) is 4.99 Å². The number of hydrogen-bond acceptors (Lipinski definition) is 9. The summed E-state index contributed by atoms with van der Waals surface area (Å²) in [6.45, 7) is -0.414. The quantitative estimate of drug-likeness (QED) is 0.317. The number of aliphatic hydroxyl groups excluding tert-OH is 2. The van der Waals surface area contributed by atoms with E-state index in [0.717, 1.165) is 34.7 Å². The molecule has 3 N–H and O–H groups in total. The van der Waals surface area contributed by atoms with E-state index in [1.165, 1.54) is 11.8 Å². The van der Waals surface area contributed by atoms with Crippen LogP contribution in [-0.2, 0) is 5.75 Å². The van der Waals surface area contributed by atoms with Crippen LogP contribution in [0.25, 0.3) is 16.1 Å². The lowest BCUT2D eigenvalue weighted by atomic mass is 9.79. The number of thiazole rings is 1. The summed E-state index contributed by atoms with van der Waals surface area (Å²) in [6, 6.07) is 17.0. The normalized spacial score (nSPS) is 19.6. The first-order chi connectivity index (χ1) is 18.9. The average molecular weight is 580 g/mol. The SMILES string of the molecule is N#CC1=C(c2ccc(OC[C@H](O)CO)cc2)C2=CCCCC2(O)N=C1SCc1csc(-c2ccc(Cl)cc2)n1. The molecule has 0 amide bonds. The first-order valence-corrected chi connectivity index (χ1v) is 14.7. The van der Waals surface area contributed by atoms with Crippen LogP contribution in [0.4, 0.5) is 0 Å². The van der Waals surface area contributed by atoms with Gasteiger partial charge in [-0.1, -0.05) is 53.7 Å². The number of nitrogens with zero attached hydrogens (tertiary/aromatic N) is 3. The Morgan fingerprint density at radius 2 is 1.90 bits per heavy atom. The molecule has 0 saturated heterocycles. The van der Waals surface area contributed by atoms with E-state index >= 15 is 0 Å². The number of thioether (sulfide) groups is 1. The molecule has 0 saturated carbocycles. The molecule has 2 atom stereocenters. The van der Waals surface area contributed by atoms with Gasteiger partial charge in [-0.25, -0.2) is 9.98 Å². The Bertz CT molecular complexity index is 1480. The molecular formula is C29H26ClN3O4S2. The predicted molar refractivity (Wildman–Crippen MR) is 156 cm³/mol. The summed E-state index contributed by atoms with van der Waals surface area (Å²) in [5, 5.41) is 44.4. The maximum Gasteiger partial charge on any atom is 0.183 e. The smallest absolute Gasteiger partial charge is 0.183 e. The topological polar surface area (TPSA) is 119 Å². The molecule has 1 unspecified atom stereocenters. The second kappa shape index (κ2) is 12.0. The summed E-state index contributed by atoms with van der Waals surface area (Å²) in [6.07, 6.45) is 3.08. The Balaban J connectivity index is 1.42. The third-order valence-electron chi connectivity index (χ3n) is 6.44. The van der Waals surface area contributed by atoms with E-state index in [2.05, 4.69) is 6.07 Å². The molecule has 2 aliphatic rings. The summed E-state index contributed by atoms with van der Waals surface area (Å²) in [4.78, 5) is 9.45. The van der Waals surface area contributed by atoms with Gasteiger partial charge in [0.2, 0.25) is 0 Å². The minimum absolute atomic E-state index is 0.0311. The number of allylic oxidation sites excluding steroid dienone is 1. The highest BCUT2D eigenvalue weighted by atomic mass is 35.5. The van der Waals surface area contributed by atoms with Crippen LogP contribution in [0.15, 0.2) is 76.1 Å². The molecule has 3 aromatic rings. The van der Waals surface area contributed by atoms with E-state index in [1.807, 2.05) is 47.9 Å². The van der Waals surface area contributed by atoms with Crippen molar-refractivity contribution in [1.29, 1.82) is 5.26 Å². The van der Waals surface area contributed by atoms with Crippen molar-refractivity contribution < 1.29 is 20.1 Å². The number of dihydropyridines is 1. The lowest BCUT2D eigenvalue weighted by molar-refractivity contribution is 0.0536. The number of aliphatic imine (C=N–C) groups is 1. The molecule has 1 aromatic heterocycles. The fourth-order valence-electron chi connectivity index (χ4n) is 4.49. The number of ether oxygens (including phenoxy) is 1. The molecule has 0 bridgehead atoms. The monoisotopic (exact) mass is 579 g/mol. The molecule has 0 fully saturated rings. The van der Waals surface area contributed by atoms with Crippen LogP contribution >= 0.6 is 34.7 Å². The second-order valence-corrected chi connectivity index (χ2v) is 11.5. The molecule has 10 heteroatoms. The summed E-state index contributed by atoms with van der Waals surface area (Å²) < 4.78 is 5.53. The Kier molecular flexibility index (Phi) is 8.52. The number of halogens is 1. The van der Waals surface area contributed by atoms with Crippen LogP contribution in [0.1, 0.15) is 30.5 Å². The minimum atomic E-state index is -1.40. The van der Waals surface area contributed by atoms with Crippen LogP contribution in [0.2, 0.25) is 5.02 Å². The molecule has 0 radical (unpaired) electrons. The Morgan fingerprint density at radius 3 is 2.62 bits per heavy atom. The van der Waals surface area contributed by atoms with Crippen molar-refractivity contribution in [3.05, 3.63) is 87.4 Å². The maximum absolute atomic E-state index is 11.6. The third-order valence-corrected chi connectivity index (χ3v) is 8.64. The summed E-state index contributed by atoms with van der Waals surface area (Å²) in [7, 11) is 0. The number of nitriles is 1. The fraction of sp³-hybridized carbons (Fsp3) is 0.276. The lowest BCUT2D eigenvalue weighted by Crippen LogP contribution is -2.36. The minimum Gasteiger partial charge on any atom is -0.491 e. The highest BCUT2D eigenvalue weighted by molar-refractivity contribution is 8.13. The van der Waals surface area contributed by atoms with Gasteiger partial charge in [0.05, 0.1) is 17.9 Å². The van der Waals surface area contributed by atoms with Crippen LogP contribution in [-0.4, -0.2) is 50.4 Å². The van der Waals surface area contributed by atoms with E-state index in [0.29, 0.717) is 44.7 Å². The number of aliphatic hydroxyl groups is 3. The van der Waals surface area contributed by atoms with Crippen molar-refractivity contribution in [2.45, 2.75) is 36.8 Å². The highest BCUT2D eigenvalue weighted by Crippen LogP contribution is 2.46. The Morgan fingerprint density at radius 1 is 1.15 bits per heavy atom. The van der Waals surface area contributed by atoms with Crippen molar-refractivity contribution in [3.8, 4) is 22.4 Å². The van der Waals surface area contributed by atoms with Crippen LogP contribution in [0.3, 0.4) is 0 Å². The van der Waals surface area contributed by atoms with Crippen LogP contribution < -0.4 is 4.74 Å². The van der Waals surface area contributed by atoms with Gasteiger partial charge in [0.15, 0.2) is 5.72 Å². The van der Waals surface area contributed by atoms with Gasteiger partial charge in [0.1, 0.15) is 34.6 Å². The van der Waals surface area contributed by atoms with Crippen molar-refractivity contribution >= 4 is 45.3 Å². The van der Waals surface area contributed by atoms with Gasteiger partial charge in [-0.15, -0.1) is 11.3 Å². The van der Waals surface area contributed by atoms with Gasteiger partial charge in [-0.05, 0) is 42.7 Å². The standard InChI is InChI=1S/C29H26ClN3O4S2/c30-20-8-4-19(5-9-20)27-32-21(16-38-27)17-39-28-24(13-31)26(25-3-1-2-12-29(25,36)33-28)18-6-10-23(11-7-18)37-15-22(35)14-34/h3-11,16,22,34-36H,1-2,12,14-15,17H2/t22-,29?/m1/s1. The van der Waals surface area contributed by atoms with Crippen molar-refractivity contribution in [2.75, 3.05) is 13.2 Å². The molecule has 7 nitrogen and oxygen atoms in total. The molecule has 1 aliphatic carbocycles. The Hall–Kier alpha value is -2.97. The first kappa shape index (κ1) is 27.6. The molecular weight excluding hydrogens is 554 g/mol. The largest absolute Gasteiger partial charge is 0.491 e. The van der Waals surface area contributed by atoms with Gasteiger partial charge in [-0.2, -0.15) is 5.26 Å². The molecule has 2 aromatic carbocycles. The van der Waals surface area contributed by atoms with Crippen molar-refractivity contribution in [3.63, 3.8) is 0 Å².